The van der Waals surface area contributed by atoms with Crippen LogP contribution in [0.3, 0.4) is 0 Å². The van der Waals surface area contributed by atoms with Gasteiger partial charge in [0.1, 0.15) is 17.4 Å². The maximum Gasteiger partial charge on any atom is 0.352 e. The molecule has 0 N–H and O–H groups in total. The van der Waals surface area contributed by atoms with E-state index < -0.39 is 0 Å². The Kier molecular flexibility index (Phi) is 2.76. The van der Waals surface area contributed by atoms with Crippen molar-refractivity contribution in [3.05, 3.63) is 34.1 Å². The third-order valence-corrected chi connectivity index (χ3v) is 3.83. The van der Waals surface area contributed by atoms with E-state index in [0.717, 1.165) is 4.68 Å². The molecule has 1 unspecified atom stereocenters. The molecule has 0 amide bonds. The smallest absolute Gasteiger partial charge is 0.348 e. The zero-order valence-corrected chi connectivity index (χ0v) is 10.9. The highest BCUT2D eigenvalue weighted by Gasteiger charge is 2.26. The second kappa shape index (κ2) is 4.44. The first-order chi connectivity index (χ1) is 9.22. The van der Waals surface area contributed by atoms with Crippen LogP contribution in [0.15, 0.2) is 22.7 Å². The molecule has 0 fully saturated rings. The Morgan fingerprint density at radius 2 is 2.42 bits per heavy atom. The zero-order valence-electron chi connectivity index (χ0n) is 10.1. The number of fused-ring (bicyclic) bond motifs is 1. The minimum atomic E-state index is -0.275. The molecule has 0 aromatic carbocycles. The molecule has 7 nitrogen and oxygen atoms in total. The Morgan fingerprint density at radius 3 is 3.21 bits per heavy atom. The van der Waals surface area contributed by atoms with Gasteiger partial charge in [-0.3, -0.25) is 0 Å². The van der Waals surface area contributed by atoms with Gasteiger partial charge in [-0.05, 0) is 5.41 Å². The van der Waals surface area contributed by atoms with Crippen LogP contribution in [-0.2, 0) is 7.05 Å². The lowest BCUT2D eigenvalue weighted by Gasteiger charge is -2.20. The molecule has 0 saturated heterocycles. The van der Waals surface area contributed by atoms with Crippen molar-refractivity contribution < 1.29 is 0 Å². The Hall–Kier alpha value is -2.27. The highest BCUT2D eigenvalue weighted by atomic mass is 32.2. The maximum absolute atomic E-state index is 11.9. The van der Waals surface area contributed by atoms with Gasteiger partial charge < -0.3 is 4.90 Å². The topological polar surface area (TPSA) is 68.3 Å². The third kappa shape index (κ3) is 1.79. The summed E-state index contributed by atoms with van der Waals surface area (Å²) in [5, 5.41) is 9.70. The molecular weight excluding hydrogens is 264 g/mol. The molecule has 3 heterocycles. The van der Waals surface area contributed by atoms with Gasteiger partial charge in [0, 0.05) is 13.2 Å². The average Bonchev–Trinajstić information content (AvgIpc) is 3.00. The van der Waals surface area contributed by atoms with E-state index >= 15 is 0 Å². The van der Waals surface area contributed by atoms with E-state index in [-0.39, 0.29) is 11.1 Å². The van der Waals surface area contributed by atoms with Crippen molar-refractivity contribution in [2.75, 3.05) is 6.54 Å². The van der Waals surface area contributed by atoms with Crippen LogP contribution in [0.2, 0.25) is 0 Å². The maximum atomic E-state index is 11.9. The van der Waals surface area contributed by atoms with Gasteiger partial charge >= 0.3 is 5.69 Å². The van der Waals surface area contributed by atoms with Gasteiger partial charge in [0.05, 0.1) is 6.54 Å². The van der Waals surface area contributed by atoms with Crippen molar-refractivity contribution in [2.45, 2.75) is 5.37 Å². The molecule has 19 heavy (non-hydrogen) atoms. The Bertz CT molecular complexity index is 755. The number of nitrogens with zero attached hydrogens (tertiary/aromatic N) is 6. The monoisotopic (exact) mass is 274 g/mol. The Balaban J connectivity index is 2.10. The van der Waals surface area contributed by atoms with E-state index in [1.54, 1.807) is 18.8 Å². The summed E-state index contributed by atoms with van der Waals surface area (Å²) in [6, 6.07) is 0. The summed E-state index contributed by atoms with van der Waals surface area (Å²) in [7, 11) is 1.55. The number of aromatic nitrogens is 5. The van der Waals surface area contributed by atoms with Gasteiger partial charge in [-0.1, -0.05) is 11.1 Å². The second-order valence-electron chi connectivity index (χ2n) is 3.97. The van der Waals surface area contributed by atoms with Gasteiger partial charge in [-0.25, -0.2) is 14.2 Å². The quantitative estimate of drug-likeness (QED) is 0.717. The minimum absolute atomic E-state index is 0.0672. The Morgan fingerprint density at radius 1 is 1.58 bits per heavy atom. The Labute approximate surface area is 112 Å². The third-order valence-electron chi connectivity index (χ3n) is 2.79. The van der Waals surface area contributed by atoms with Crippen LogP contribution < -0.4 is 5.69 Å². The van der Waals surface area contributed by atoms with Crippen molar-refractivity contribution in [1.29, 1.82) is 0 Å². The highest BCUT2D eigenvalue weighted by molar-refractivity contribution is 8.02. The largest absolute Gasteiger partial charge is 0.352 e. The lowest BCUT2D eigenvalue weighted by Crippen LogP contribution is -2.27. The van der Waals surface area contributed by atoms with Crippen LogP contribution in [0.1, 0.15) is 11.1 Å². The summed E-state index contributed by atoms with van der Waals surface area (Å²) in [5.74, 6) is 2.60. The van der Waals surface area contributed by atoms with Gasteiger partial charge in [0.25, 0.3) is 0 Å². The van der Waals surface area contributed by atoms with E-state index in [1.165, 1.54) is 10.7 Å². The fourth-order valence-electron chi connectivity index (χ4n) is 1.88. The molecule has 0 aliphatic carbocycles. The number of hydrogen-bond donors (Lipinski definition) is 0. The van der Waals surface area contributed by atoms with Gasteiger partial charge in [-0.2, -0.15) is 4.68 Å². The van der Waals surface area contributed by atoms with Gasteiger partial charge in [-0.15, -0.1) is 23.3 Å². The first kappa shape index (κ1) is 11.8. The number of thioether (sulfide) groups is 1. The number of terminal acetylenes is 1. The molecule has 8 heteroatoms. The molecule has 2 aromatic heterocycles. The predicted octanol–water partition coefficient (Wildman–Crippen LogP) is -0.0252. The summed E-state index contributed by atoms with van der Waals surface area (Å²) in [4.78, 5) is 18.1. The lowest BCUT2D eigenvalue weighted by molar-refractivity contribution is 0.409. The molecule has 0 spiro atoms. The van der Waals surface area contributed by atoms with E-state index in [1.807, 2.05) is 16.5 Å². The van der Waals surface area contributed by atoms with Gasteiger partial charge in [0.2, 0.25) is 0 Å². The summed E-state index contributed by atoms with van der Waals surface area (Å²) in [6.07, 6.45) is 8.72. The molecule has 0 saturated carbocycles. The van der Waals surface area contributed by atoms with Crippen LogP contribution >= 0.6 is 11.8 Å². The zero-order chi connectivity index (χ0) is 13.4. The van der Waals surface area contributed by atoms with Crippen molar-refractivity contribution in [2.24, 2.45) is 7.05 Å². The number of rotatable bonds is 2. The summed E-state index contributed by atoms with van der Waals surface area (Å²) in [5.41, 5.74) is 0.880. The summed E-state index contributed by atoms with van der Waals surface area (Å²) in [6.45, 7) is 0.478. The van der Waals surface area contributed by atoms with Crippen LogP contribution in [0.4, 0.5) is 0 Å². The number of imidazole rings is 1. The fourth-order valence-corrected chi connectivity index (χ4v) is 2.85. The molecule has 1 atom stereocenters. The summed E-state index contributed by atoms with van der Waals surface area (Å²) < 4.78 is 2.55. The first-order valence-electron chi connectivity index (χ1n) is 5.50. The number of aryl methyl sites for hydroxylation is 1. The van der Waals surface area contributed by atoms with E-state index in [4.69, 9.17) is 6.42 Å². The van der Waals surface area contributed by atoms with Gasteiger partial charge in [0.15, 0.2) is 5.65 Å². The minimum Gasteiger partial charge on any atom is -0.348 e. The van der Waals surface area contributed by atoms with Crippen LogP contribution in [0.5, 0.6) is 0 Å². The standard InChI is InChI=1S/C11H10N6OS/c1-3-4-16-5-6-19-10(16)8-9-13-14-15(2)11(18)17(9)7-12-8/h1,5-7,10H,4H2,2H3. The van der Waals surface area contributed by atoms with E-state index in [0.29, 0.717) is 17.9 Å². The second-order valence-corrected chi connectivity index (χ2v) is 4.96. The van der Waals surface area contributed by atoms with Crippen molar-refractivity contribution in [1.82, 2.24) is 29.3 Å². The lowest BCUT2D eigenvalue weighted by atomic mass is 10.4. The van der Waals surface area contributed by atoms with Crippen molar-refractivity contribution in [3.8, 4) is 12.3 Å². The van der Waals surface area contributed by atoms with Crippen LogP contribution in [0, 0.1) is 12.3 Å². The molecular formula is C11H10N6OS. The SMILES string of the molecule is C#CCN1C=CSC1c1ncn2c(=O)n(C)nnc12. The van der Waals surface area contributed by atoms with Crippen LogP contribution in [-0.4, -0.2) is 35.8 Å². The molecule has 0 bridgehead atoms. The fraction of sp³-hybridized carbons (Fsp3) is 0.273. The predicted molar refractivity (Wildman–Crippen MR) is 71.0 cm³/mol. The molecule has 1 aliphatic rings. The average molecular weight is 274 g/mol. The normalized spacial score (nSPS) is 18.1. The van der Waals surface area contributed by atoms with E-state index in [2.05, 4.69) is 21.2 Å². The first-order valence-corrected chi connectivity index (χ1v) is 6.45. The highest BCUT2D eigenvalue weighted by Crippen LogP contribution is 2.38. The molecule has 3 rings (SSSR count). The van der Waals surface area contributed by atoms with Crippen molar-refractivity contribution in [3.63, 3.8) is 0 Å². The molecule has 96 valence electrons. The molecule has 1 aliphatic heterocycles. The number of hydrogen-bond acceptors (Lipinski definition) is 6. The summed E-state index contributed by atoms with van der Waals surface area (Å²) >= 11 is 1.57. The van der Waals surface area contributed by atoms with E-state index in [9.17, 15) is 4.79 Å². The van der Waals surface area contributed by atoms with Crippen molar-refractivity contribution >= 4 is 17.4 Å². The van der Waals surface area contributed by atoms with Crippen LogP contribution in [0.25, 0.3) is 5.65 Å². The molecule has 0 radical (unpaired) electrons. The molecule has 2 aromatic rings.